The number of unbranched alkanes of at least 4 members (excludes halogenated alkanes) is 2. The lowest BCUT2D eigenvalue weighted by Crippen LogP contribution is -2.52. The van der Waals surface area contributed by atoms with Crippen LogP contribution in [0.2, 0.25) is 0 Å². The third kappa shape index (κ3) is 7.67. The number of hydrogen-bond acceptors (Lipinski definition) is 8. The minimum Gasteiger partial charge on any atom is -0.508 e. The molecule has 4 aromatic carbocycles. The number of imide groups is 1. The summed E-state index contributed by atoms with van der Waals surface area (Å²) in [6.07, 6.45) is 3.34. The van der Waals surface area contributed by atoms with Crippen LogP contribution in [-0.4, -0.2) is 84.6 Å². The number of phenols is 1. The summed E-state index contributed by atoms with van der Waals surface area (Å²) in [7, 11) is 0. The van der Waals surface area contributed by atoms with Crippen LogP contribution < -0.4 is 19.7 Å². The van der Waals surface area contributed by atoms with E-state index in [1.54, 1.807) is 29.2 Å². The molecule has 56 heavy (non-hydrogen) atoms. The third-order valence-corrected chi connectivity index (χ3v) is 11.7. The second kappa shape index (κ2) is 15.9. The van der Waals surface area contributed by atoms with Crippen molar-refractivity contribution in [3.8, 4) is 17.2 Å². The highest BCUT2D eigenvalue weighted by Crippen LogP contribution is 2.48. The Morgan fingerprint density at radius 2 is 1.71 bits per heavy atom. The molecule has 0 bridgehead atoms. The van der Waals surface area contributed by atoms with Crippen LogP contribution in [0.4, 0.5) is 14.5 Å². The topological polar surface area (TPSA) is 112 Å². The molecule has 10 nitrogen and oxygen atoms in total. The summed E-state index contributed by atoms with van der Waals surface area (Å²) in [5.41, 5.74) is 5.91. The van der Waals surface area contributed by atoms with Crippen LogP contribution >= 0.6 is 0 Å². The first-order valence-electron chi connectivity index (χ1n) is 19.5. The number of carbonyl (C=O) groups is 3. The number of piperidine rings is 1. The SMILES string of the molecule is Cc1cc(F)ccc1[C@H]1COc2cc(O)ccc2C1c1ccc(OCCCCCN2CCN(c3ccc4c(c3)CN(C3CCC(=O)NC3=O)C4=O)CC2)c(F)c1. The Bertz CT molecular complexity index is 2150. The summed E-state index contributed by atoms with van der Waals surface area (Å²) < 4.78 is 41.5. The maximum atomic E-state index is 15.6. The minimum atomic E-state index is -0.618. The van der Waals surface area contributed by atoms with Crippen LogP contribution in [0.1, 0.15) is 82.1 Å². The Balaban J connectivity index is 0.800. The van der Waals surface area contributed by atoms with Gasteiger partial charge in [-0.3, -0.25) is 24.6 Å². The number of carbonyl (C=O) groups excluding carboxylic acids is 3. The van der Waals surface area contributed by atoms with E-state index in [1.807, 2.05) is 31.2 Å². The Morgan fingerprint density at radius 3 is 2.50 bits per heavy atom. The lowest BCUT2D eigenvalue weighted by Gasteiger charge is -2.36. The van der Waals surface area contributed by atoms with E-state index < -0.39 is 17.8 Å². The number of halogens is 2. The van der Waals surface area contributed by atoms with Gasteiger partial charge in [0.05, 0.1) is 13.2 Å². The lowest BCUT2D eigenvalue weighted by atomic mass is 9.75. The molecule has 4 aliphatic heterocycles. The largest absolute Gasteiger partial charge is 0.508 e. The maximum absolute atomic E-state index is 15.6. The summed E-state index contributed by atoms with van der Waals surface area (Å²) in [5, 5.41) is 12.4. The van der Waals surface area contributed by atoms with Crippen LogP contribution in [-0.2, 0) is 16.1 Å². The fourth-order valence-corrected chi connectivity index (χ4v) is 8.75. The van der Waals surface area contributed by atoms with E-state index in [-0.39, 0.29) is 47.4 Å². The summed E-state index contributed by atoms with van der Waals surface area (Å²) in [5.74, 6) is -1.22. The number of phenolic OH excluding ortho intramolecular Hbond substituents is 1. The fourth-order valence-electron chi connectivity index (χ4n) is 8.75. The molecule has 2 fully saturated rings. The number of nitrogens with zero attached hydrogens (tertiary/aromatic N) is 3. The number of aryl methyl sites for hydroxylation is 1. The molecule has 4 aliphatic rings. The molecule has 2 unspecified atom stereocenters. The monoisotopic (exact) mass is 764 g/mol. The molecule has 2 saturated heterocycles. The van der Waals surface area contributed by atoms with Gasteiger partial charge in [0.15, 0.2) is 11.6 Å². The second-order valence-corrected chi connectivity index (χ2v) is 15.3. The number of aromatic hydroxyl groups is 1. The number of nitrogens with one attached hydrogen (secondary N) is 1. The second-order valence-electron chi connectivity index (χ2n) is 15.3. The van der Waals surface area contributed by atoms with Crippen LogP contribution in [0.3, 0.4) is 0 Å². The van der Waals surface area contributed by atoms with Crippen molar-refractivity contribution < 1.29 is 37.7 Å². The van der Waals surface area contributed by atoms with E-state index in [0.29, 0.717) is 37.5 Å². The predicted molar refractivity (Wildman–Crippen MR) is 206 cm³/mol. The molecule has 4 heterocycles. The quantitative estimate of drug-likeness (QED) is 0.133. The molecule has 2 N–H and O–H groups in total. The molecule has 4 aromatic rings. The standard InChI is InChI=1S/C44H46F2N4O6/c1-27-21-30(45)6-9-33(27)36-26-56-40-24-32(51)8-11-35(40)42(36)28-5-13-39(37(46)23-28)55-20-4-2-3-15-48-16-18-49(19-17-48)31-7-10-34-29(22-31)25-50(44(34)54)38-12-14-41(52)47-43(38)53/h5-11,13,21-24,36,38,42,51H,2-4,12,14-20,25-26H2,1H3,(H,47,52,53)/t36-,38?,42?/m1/s1. The van der Waals surface area contributed by atoms with E-state index in [4.69, 9.17) is 9.47 Å². The lowest BCUT2D eigenvalue weighted by molar-refractivity contribution is -0.136. The molecule has 3 amide bonds. The molecular weight excluding hydrogens is 719 g/mol. The number of amides is 3. The number of fused-ring (bicyclic) bond motifs is 2. The Kier molecular flexibility index (Phi) is 10.7. The van der Waals surface area contributed by atoms with Crippen molar-refractivity contribution >= 4 is 23.4 Å². The van der Waals surface area contributed by atoms with Gasteiger partial charge in [-0.1, -0.05) is 18.2 Å². The van der Waals surface area contributed by atoms with Crippen LogP contribution in [0, 0.1) is 18.6 Å². The van der Waals surface area contributed by atoms with Crippen LogP contribution in [0.5, 0.6) is 17.2 Å². The van der Waals surface area contributed by atoms with Crippen molar-refractivity contribution in [1.29, 1.82) is 0 Å². The number of ether oxygens (including phenoxy) is 2. The zero-order chi connectivity index (χ0) is 38.9. The van der Waals surface area contributed by atoms with E-state index in [9.17, 15) is 23.9 Å². The number of rotatable bonds is 11. The van der Waals surface area contributed by atoms with Gasteiger partial charge in [0.2, 0.25) is 11.8 Å². The van der Waals surface area contributed by atoms with Gasteiger partial charge in [-0.15, -0.1) is 0 Å². The summed E-state index contributed by atoms with van der Waals surface area (Å²) in [6, 6.07) is 20.1. The number of anilines is 1. The minimum absolute atomic E-state index is 0.0894. The number of benzene rings is 4. The van der Waals surface area contributed by atoms with Gasteiger partial charge < -0.3 is 24.4 Å². The summed E-state index contributed by atoms with van der Waals surface area (Å²) in [4.78, 5) is 43.4. The highest BCUT2D eigenvalue weighted by atomic mass is 19.1. The molecule has 8 rings (SSSR count). The van der Waals surface area contributed by atoms with Crippen molar-refractivity contribution in [3.05, 3.63) is 118 Å². The average Bonchev–Trinajstić information content (AvgIpc) is 3.51. The van der Waals surface area contributed by atoms with Crippen molar-refractivity contribution in [1.82, 2.24) is 15.1 Å². The van der Waals surface area contributed by atoms with Gasteiger partial charge in [0.25, 0.3) is 5.91 Å². The molecule has 0 spiro atoms. The number of piperazine rings is 1. The molecule has 0 radical (unpaired) electrons. The predicted octanol–water partition coefficient (Wildman–Crippen LogP) is 6.42. The zero-order valence-electron chi connectivity index (χ0n) is 31.4. The Hall–Kier alpha value is -5.49. The summed E-state index contributed by atoms with van der Waals surface area (Å²) >= 11 is 0. The fraction of sp³-hybridized carbons (Fsp3) is 0.386. The van der Waals surface area contributed by atoms with Gasteiger partial charge in [0.1, 0.15) is 23.4 Å². The normalized spacial score (nSPS) is 21.1. The van der Waals surface area contributed by atoms with Crippen molar-refractivity contribution in [2.45, 2.75) is 63.5 Å². The molecule has 292 valence electrons. The maximum Gasteiger partial charge on any atom is 0.255 e. The molecule has 0 aliphatic carbocycles. The summed E-state index contributed by atoms with van der Waals surface area (Å²) in [6.45, 7) is 7.49. The van der Waals surface area contributed by atoms with Gasteiger partial charge in [-0.05, 0) is 110 Å². The van der Waals surface area contributed by atoms with Crippen molar-refractivity contribution in [3.63, 3.8) is 0 Å². The van der Waals surface area contributed by atoms with E-state index in [1.165, 1.54) is 18.2 Å². The van der Waals surface area contributed by atoms with Gasteiger partial charge in [0, 0.05) is 73.9 Å². The van der Waals surface area contributed by atoms with Crippen molar-refractivity contribution in [2.24, 2.45) is 0 Å². The van der Waals surface area contributed by atoms with Gasteiger partial charge >= 0.3 is 0 Å². The molecule has 12 heteroatoms. The first kappa shape index (κ1) is 37.4. The zero-order valence-corrected chi connectivity index (χ0v) is 31.4. The van der Waals surface area contributed by atoms with Crippen molar-refractivity contribution in [2.75, 3.05) is 50.8 Å². The molecule has 0 saturated carbocycles. The number of hydrogen-bond donors (Lipinski definition) is 2. The van der Waals surface area contributed by atoms with Gasteiger partial charge in [-0.25, -0.2) is 8.78 Å². The third-order valence-electron chi connectivity index (χ3n) is 11.7. The smallest absolute Gasteiger partial charge is 0.255 e. The van der Waals surface area contributed by atoms with Crippen LogP contribution in [0.25, 0.3) is 0 Å². The average molecular weight is 765 g/mol. The highest BCUT2D eigenvalue weighted by Gasteiger charge is 2.39. The highest BCUT2D eigenvalue weighted by molar-refractivity contribution is 6.05. The first-order valence-corrected chi connectivity index (χ1v) is 19.5. The van der Waals surface area contributed by atoms with Crippen LogP contribution in [0.15, 0.2) is 72.8 Å². The molecule has 0 aromatic heterocycles. The van der Waals surface area contributed by atoms with E-state index >= 15 is 4.39 Å². The molecule has 3 atom stereocenters. The van der Waals surface area contributed by atoms with Gasteiger partial charge in [-0.2, -0.15) is 0 Å². The molecular formula is C44H46F2N4O6. The van der Waals surface area contributed by atoms with E-state index in [2.05, 4.69) is 21.2 Å². The van der Waals surface area contributed by atoms with E-state index in [0.717, 1.165) is 85.5 Å². The first-order chi connectivity index (χ1) is 27.1. The Morgan fingerprint density at radius 1 is 0.893 bits per heavy atom. The Labute approximate surface area is 325 Å².